The summed E-state index contributed by atoms with van der Waals surface area (Å²) in [5.41, 5.74) is 0. The van der Waals surface area contributed by atoms with E-state index in [9.17, 15) is 0 Å². The molecule has 0 aromatic heterocycles. The van der Waals surface area contributed by atoms with E-state index in [2.05, 4.69) is 21.1 Å². The second-order valence-electron chi connectivity index (χ2n) is 2.74. The van der Waals surface area contributed by atoms with E-state index in [4.69, 9.17) is 5.11 Å². The van der Waals surface area contributed by atoms with Crippen LogP contribution in [0.15, 0.2) is 0 Å². The van der Waals surface area contributed by atoms with E-state index >= 15 is 0 Å². The normalized spacial score (nSPS) is 12.0. The molecule has 7 heavy (non-hydrogen) atoms. The monoisotopic (exact) mass is 110 g/mol. The summed E-state index contributed by atoms with van der Waals surface area (Å²) < 4.78 is 0.844. The number of likely N-dealkylation sites (N-methyl/N-ethyl adjacent to an activating group) is 1. The van der Waals surface area contributed by atoms with Gasteiger partial charge in [-0.3, -0.25) is 0 Å². The first-order valence-corrected chi connectivity index (χ1v) is 2.47. The number of nitrogens with zero attached hydrogens (tertiary/aromatic N) is 1. The van der Waals surface area contributed by atoms with Gasteiger partial charge in [0.1, 0.15) is 6.54 Å². The van der Waals surface area contributed by atoms with E-state index in [-0.39, 0.29) is 6.61 Å². The Labute approximate surface area is 45.0 Å². The van der Waals surface area contributed by atoms with Crippen molar-refractivity contribution in [2.24, 2.45) is 0 Å². The molecule has 0 atom stereocenters. The topological polar surface area (TPSA) is 20.2 Å². The minimum atomic E-state index is 0.281. The lowest BCUT2D eigenvalue weighted by Crippen LogP contribution is -2.36. The summed E-state index contributed by atoms with van der Waals surface area (Å²) in [5.74, 6) is 0. The Hall–Kier alpha value is -0.0800. The van der Waals surface area contributed by atoms with Gasteiger partial charge in [0.2, 0.25) is 0 Å². The number of rotatable bonds is 2. The second-order valence-corrected chi connectivity index (χ2v) is 2.74. The third-order valence-electron chi connectivity index (χ3n) is 0.771. The lowest BCUT2D eigenvalue weighted by atomic mass is 10.7. The molecule has 2 heteroatoms. The van der Waals surface area contributed by atoms with Gasteiger partial charge < -0.3 is 9.59 Å². The van der Waals surface area contributed by atoms with E-state index in [0.29, 0.717) is 0 Å². The minimum absolute atomic E-state index is 0.281. The predicted molar refractivity (Wildman–Crippen MR) is 30.0 cm³/mol. The van der Waals surface area contributed by atoms with Crippen molar-refractivity contribution in [3.63, 3.8) is 0 Å². The van der Waals surface area contributed by atoms with Gasteiger partial charge in [0.25, 0.3) is 0 Å². The molecule has 0 fully saturated rings. The largest absolute Gasteiger partial charge is 0.391 e. The van der Waals surface area contributed by atoms with Crippen molar-refractivity contribution < 1.29 is 9.59 Å². The van der Waals surface area contributed by atoms with Crippen molar-refractivity contribution in [3.8, 4) is 0 Å². The van der Waals surface area contributed by atoms with E-state index in [1.54, 1.807) is 0 Å². The molecule has 0 saturated carbocycles. The third-order valence-corrected chi connectivity index (χ3v) is 0.771. The molecule has 0 bridgehead atoms. The molecule has 0 unspecified atom stereocenters. The van der Waals surface area contributed by atoms with Gasteiger partial charge in [-0.05, 0) is 0 Å². The maximum absolute atomic E-state index is 8.39. The molecule has 0 rings (SSSR count). The Morgan fingerprint density at radius 3 is 1.86 bits per heavy atom. The predicted octanol–water partition coefficient (Wildman–Crippen LogP) is -0.315. The molecule has 44 valence electrons. The zero-order valence-electron chi connectivity index (χ0n) is 5.31. The fourth-order valence-electron chi connectivity index (χ4n) is 0.300. The van der Waals surface area contributed by atoms with E-state index < -0.39 is 0 Å². The van der Waals surface area contributed by atoms with E-state index in [1.165, 1.54) is 0 Å². The Bertz CT molecular complexity index is 46.5. The van der Waals surface area contributed by atoms with Crippen LogP contribution < -0.4 is 0 Å². The third kappa shape index (κ3) is 5.92. The van der Waals surface area contributed by atoms with Gasteiger partial charge in [-0.2, -0.15) is 0 Å². The van der Waals surface area contributed by atoms with Crippen molar-refractivity contribution in [2.75, 3.05) is 34.3 Å². The summed E-state index contributed by atoms with van der Waals surface area (Å²) in [7, 11) is 6.16. The summed E-state index contributed by atoms with van der Waals surface area (Å²) in [5, 5.41) is 8.39. The van der Waals surface area contributed by atoms with Crippen LogP contribution >= 0.6 is 0 Å². The van der Waals surface area contributed by atoms with Crippen LogP contribution in [-0.4, -0.2) is 43.9 Å². The van der Waals surface area contributed by atoms with Crippen LogP contribution in [0.25, 0.3) is 0 Å². The molecule has 0 spiro atoms. The van der Waals surface area contributed by atoms with Gasteiger partial charge in [0.15, 0.2) is 0 Å². The molecule has 1 N–H and O–H groups in total. The van der Waals surface area contributed by atoms with Gasteiger partial charge in [0, 0.05) is 0 Å². The molecular formula is C5H14NO+. The first-order valence-electron chi connectivity index (χ1n) is 2.47. The molecule has 2 nitrogen and oxygen atoms in total. The van der Waals surface area contributed by atoms with Crippen molar-refractivity contribution in [2.45, 2.75) is 0 Å². The fraction of sp³-hybridized carbons (Fsp3) is 1.00. The summed E-state index contributed by atoms with van der Waals surface area (Å²) in [6.45, 7) is 1.11. The molecule has 0 aromatic rings. The highest BCUT2D eigenvalue weighted by molar-refractivity contribution is 4.19. The van der Waals surface area contributed by atoms with Crippen LogP contribution in [0.1, 0.15) is 0 Å². The molecule has 0 aliphatic rings. The summed E-state index contributed by atoms with van der Waals surface area (Å²) >= 11 is 0. The van der Waals surface area contributed by atoms with Gasteiger partial charge in [0.05, 0.1) is 27.7 Å². The van der Waals surface area contributed by atoms with Crippen LogP contribution in [0.5, 0.6) is 0 Å². The summed E-state index contributed by atoms with van der Waals surface area (Å²) in [6.07, 6.45) is 0. The number of aliphatic hydroxyl groups is 1. The molecule has 0 heterocycles. The maximum atomic E-state index is 8.39. The SMILES string of the molecule is C[N+](C)(C)C[18CH2]O. The number of aliphatic hydroxyl groups excluding tert-OH is 1. The molecular weight excluding hydrogens is 96.1 g/mol. The van der Waals surface area contributed by atoms with Gasteiger partial charge >= 0.3 is 0 Å². The smallest absolute Gasteiger partial charge is 0.101 e. The summed E-state index contributed by atoms with van der Waals surface area (Å²) in [6, 6.07) is 0. The molecule has 0 radical (unpaired) electrons. The van der Waals surface area contributed by atoms with Crippen LogP contribution in [0, 0.1) is 0 Å². The molecule has 0 saturated heterocycles. The van der Waals surface area contributed by atoms with Crippen LogP contribution in [-0.2, 0) is 0 Å². The minimum Gasteiger partial charge on any atom is -0.391 e. The van der Waals surface area contributed by atoms with Crippen LogP contribution in [0.2, 0.25) is 0 Å². The summed E-state index contributed by atoms with van der Waals surface area (Å²) in [4.78, 5) is 0. The van der Waals surface area contributed by atoms with Crippen molar-refractivity contribution in [3.05, 3.63) is 0 Å². The molecule has 0 aliphatic carbocycles. The van der Waals surface area contributed by atoms with Crippen molar-refractivity contribution >= 4 is 0 Å². The molecule has 0 aliphatic heterocycles. The highest BCUT2D eigenvalue weighted by Gasteiger charge is 2.02. The Kier molecular flexibility index (Phi) is 2.26. The van der Waals surface area contributed by atoms with Crippen LogP contribution in [0.3, 0.4) is 0 Å². The highest BCUT2D eigenvalue weighted by Crippen LogP contribution is 1.84. The van der Waals surface area contributed by atoms with Gasteiger partial charge in [-0.25, -0.2) is 0 Å². The second kappa shape index (κ2) is 2.28. The average molecular weight is 110 g/mol. The first kappa shape index (κ1) is 6.92. The Balaban J connectivity index is 3.15. The Morgan fingerprint density at radius 1 is 1.43 bits per heavy atom. The zero-order valence-corrected chi connectivity index (χ0v) is 5.31. The highest BCUT2D eigenvalue weighted by atomic mass is 18.6. The van der Waals surface area contributed by atoms with Gasteiger partial charge in [-0.1, -0.05) is 0 Å². The number of hydrogen-bond donors (Lipinski definition) is 1. The number of hydrogen-bond acceptors (Lipinski definition) is 1. The van der Waals surface area contributed by atoms with Gasteiger partial charge in [-0.15, -0.1) is 0 Å². The standard InChI is InChI=1S/C5H14NO/c1-6(2,3)4-5-7/h7H,4-5H2,1-3H3/q+1/i5+6. The maximum Gasteiger partial charge on any atom is 0.101 e. The van der Waals surface area contributed by atoms with Crippen LogP contribution in [0.4, 0.5) is 0 Å². The zero-order chi connectivity index (χ0) is 5.91. The average Bonchev–Trinajstić information content (AvgIpc) is 1.30. The Morgan fingerprint density at radius 2 is 1.86 bits per heavy atom. The van der Waals surface area contributed by atoms with E-state index in [1.807, 2.05) is 0 Å². The fourth-order valence-corrected chi connectivity index (χ4v) is 0.300. The molecule has 0 aromatic carbocycles. The quantitative estimate of drug-likeness (QED) is 0.483. The van der Waals surface area contributed by atoms with Crippen molar-refractivity contribution in [1.82, 2.24) is 0 Å². The number of quaternary nitrogens is 1. The van der Waals surface area contributed by atoms with E-state index in [0.717, 1.165) is 11.0 Å². The lowest BCUT2D eigenvalue weighted by molar-refractivity contribution is -0.870. The molecule has 0 amide bonds. The lowest BCUT2D eigenvalue weighted by Gasteiger charge is -2.21. The van der Waals surface area contributed by atoms with Crippen molar-refractivity contribution in [1.29, 1.82) is 0 Å². The first-order chi connectivity index (χ1) is 3.06.